The van der Waals surface area contributed by atoms with Crippen LogP contribution in [-0.4, -0.2) is 24.9 Å². The van der Waals surface area contributed by atoms with Crippen molar-refractivity contribution in [2.24, 2.45) is 17.8 Å². The van der Waals surface area contributed by atoms with Crippen molar-refractivity contribution in [3.05, 3.63) is 34.3 Å². The standard InChI is InChI=1S/C19H25BrN2O2/c20-17-5-3-14(4-6-17)19(24)22-10-8-18(23)21-9-7-16-12-13-1-2-15(16)11-13/h3-6,13,15-16H,1-2,7-12H2,(H,21,23)(H,22,24). The van der Waals surface area contributed by atoms with Gasteiger partial charge in [0.05, 0.1) is 0 Å². The first kappa shape index (κ1) is 17.5. The van der Waals surface area contributed by atoms with Crippen molar-refractivity contribution in [1.29, 1.82) is 0 Å². The molecule has 0 spiro atoms. The molecule has 2 N–H and O–H groups in total. The maximum Gasteiger partial charge on any atom is 0.251 e. The van der Waals surface area contributed by atoms with Gasteiger partial charge in [-0.2, -0.15) is 0 Å². The molecule has 4 nitrogen and oxygen atoms in total. The Labute approximate surface area is 151 Å². The molecule has 3 atom stereocenters. The van der Waals surface area contributed by atoms with Gasteiger partial charge in [0.15, 0.2) is 0 Å². The first-order chi connectivity index (χ1) is 11.6. The van der Waals surface area contributed by atoms with Crippen LogP contribution in [0.15, 0.2) is 28.7 Å². The minimum atomic E-state index is -0.141. The third-order valence-corrected chi connectivity index (χ3v) is 5.99. The van der Waals surface area contributed by atoms with Gasteiger partial charge in [0, 0.05) is 29.5 Å². The van der Waals surface area contributed by atoms with E-state index < -0.39 is 0 Å². The van der Waals surface area contributed by atoms with Gasteiger partial charge in [-0.15, -0.1) is 0 Å². The summed E-state index contributed by atoms with van der Waals surface area (Å²) in [6.07, 6.45) is 7.04. The molecule has 0 saturated heterocycles. The lowest BCUT2D eigenvalue weighted by Crippen LogP contribution is -2.32. The van der Waals surface area contributed by atoms with Crippen LogP contribution in [0.25, 0.3) is 0 Å². The molecule has 2 fully saturated rings. The number of fused-ring (bicyclic) bond motifs is 2. The van der Waals surface area contributed by atoms with E-state index in [1.165, 1.54) is 25.7 Å². The van der Waals surface area contributed by atoms with Crippen molar-refractivity contribution in [3.63, 3.8) is 0 Å². The summed E-state index contributed by atoms with van der Waals surface area (Å²) in [6, 6.07) is 7.18. The Kier molecular flexibility index (Phi) is 5.93. The van der Waals surface area contributed by atoms with Crippen molar-refractivity contribution in [2.75, 3.05) is 13.1 Å². The molecule has 24 heavy (non-hydrogen) atoms. The monoisotopic (exact) mass is 392 g/mol. The Morgan fingerprint density at radius 2 is 1.83 bits per heavy atom. The molecule has 5 heteroatoms. The number of carbonyl (C=O) groups excluding carboxylic acids is 2. The number of benzene rings is 1. The Morgan fingerprint density at radius 1 is 1.04 bits per heavy atom. The van der Waals surface area contributed by atoms with E-state index in [0.717, 1.165) is 35.2 Å². The molecular formula is C19H25BrN2O2. The van der Waals surface area contributed by atoms with E-state index in [4.69, 9.17) is 0 Å². The number of halogens is 1. The lowest BCUT2D eigenvalue weighted by atomic mass is 9.86. The Hall–Kier alpha value is -1.36. The van der Waals surface area contributed by atoms with Crippen molar-refractivity contribution in [3.8, 4) is 0 Å². The highest BCUT2D eigenvalue weighted by molar-refractivity contribution is 9.10. The molecule has 130 valence electrons. The number of nitrogens with one attached hydrogen (secondary N) is 2. The van der Waals surface area contributed by atoms with Crippen LogP contribution < -0.4 is 10.6 Å². The topological polar surface area (TPSA) is 58.2 Å². The lowest BCUT2D eigenvalue weighted by Gasteiger charge is -2.21. The zero-order valence-corrected chi connectivity index (χ0v) is 15.5. The minimum Gasteiger partial charge on any atom is -0.356 e. The summed E-state index contributed by atoms with van der Waals surface area (Å²) in [5.74, 6) is 2.58. The lowest BCUT2D eigenvalue weighted by molar-refractivity contribution is -0.121. The second-order valence-electron chi connectivity index (χ2n) is 7.09. The zero-order valence-electron chi connectivity index (χ0n) is 13.9. The van der Waals surface area contributed by atoms with Gasteiger partial charge in [-0.25, -0.2) is 0 Å². The first-order valence-electron chi connectivity index (χ1n) is 8.92. The van der Waals surface area contributed by atoms with Crippen LogP contribution in [0, 0.1) is 17.8 Å². The highest BCUT2D eigenvalue weighted by atomic mass is 79.9. The molecule has 1 aromatic carbocycles. The average Bonchev–Trinajstić information content (AvgIpc) is 3.18. The molecule has 1 aromatic rings. The average molecular weight is 393 g/mol. The van der Waals surface area contributed by atoms with Crippen LogP contribution in [0.4, 0.5) is 0 Å². The highest BCUT2D eigenvalue weighted by Gasteiger charge is 2.38. The molecular weight excluding hydrogens is 368 g/mol. The summed E-state index contributed by atoms with van der Waals surface area (Å²) in [5, 5.41) is 5.78. The van der Waals surface area contributed by atoms with Gasteiger partial charge < -0.3 is 10.6 Å². The largest absolute Gasteiger partial charge is 0.356 e. The van der Waals surface area contributed by atoms with E-state index in [9.17, 15) is 9.59 Å². The molecule has 3 unspecified atom stereocenters. The smallest absolute Gasteiger partial charge is 0.251 e. The third-order valence-electron chi connectivity index (χ3n) is 5.47. The second kappa shape index (κ2) is 8.15. The van der Waals surface area contributed by atoms with Crippen LogP contribution >= 0.6 is 15.9 Å². The second-order valence-corrected chi connectivity index (χ2v) is 8.00. The van der Waals surface area contributed by atoms with Crippen molar-refractivity contribution >= 4 is 27.7 Å². The quantitative estimate of drug-likeness (QED) is 0.745. The fourth-order valence-corrected chi connectivity index (χ4v) is 4.47. The van der Waals surface area contributed by atoms with Crippen molar-refractivity contribution in [1.82, 2.24) is 10.6 Å². The van der Waals surface area contributed by atoms with Crippen molar-refractivity contribution < 1.29 is 9.59 Å². The van der Waals surface area contributed by atoms with Crippen molar-refractivity contribution in [2.45, 2.75) is 38.5 Å². The van der Waals surface area contributed by atoms with Crippen LogP contribution in [0.1, 0.15) is 48.9 Å². The fourth-order valence-electron chi connectivity index (χ4n) is 4.21. The van der Waals surface area contributed by atoms with Crippen LogP contribution in [0.2, 0.25) is 0 Å². The molecule has 0 aliphatic heterocycles. The number of rotatable bonds is 7. The van der Waals surface area contributed by atoms with Gasteiger partial charge in [0.25, 0.3) is 5.91 Å². The van der Waals surface area contributed by atoms with Crippen LogP contribution in [0.3, 0.4) is 0 Å². The molecule has 2 amide bonds. The number of hydrogen-bond acceptors (Lipinski definition) is 2. The molecule has 2 saturated carbocycles. The predicted molar refractivity (Wildman–Crippen MR) is 97.7 cm³/mol. The van der Waals surface area contributed by atoms with E-state index in [2.05, 4.69) is 26.6 Å². The predicted octanol–water partition coefficient (Wildman–Crippen LogP) is 3.51. The summed E-state index contributed by atoms with van der Waals surface area (Å²) in [6.45, 7) is 1.14. The Morgan fingerprint density at radius 3 is 2.50 bits per heavy atom. The highest BCUT2D eigenvalue weighted by Crippen LogP contribution is 2.49. The minimum absolute atomic E-state index is 0.0225. The van der Waals surface area contributed by atoms with E-state index in [1.54, 1.807) is 12.1 Å². The van der Waals surface area contributed by atoms with Gasteiger partial charge in [0.1, 0.15) is 0 Å². The molecule has 0 heterocycles. The summed E-state index contributed by atoms with van der Waals surface area (Å²) < 4.78 is 0.939. The van der Waals surface area contributed by atoms with E-state index in [0.29, 0.717) is 18.5 Å². The molecule has 3 rings (SSSR count). The third kappa shape index (κ3) is 4.59. The molecule has 0 aromatic heterocycles. The molecule has 0 radical (unpaired) electrons. The summed E-state index contributed by atoms with van der Waals surface area (Å²) in [4.78, 5) is 23.8. The Bertz CT molecular complexity index is 588. The molecule has 2 bridgehead atoms. The van der Waals surface area contributed by atoms with Crippen LogP contribution in [0.5, 0.6) is 0 Å². The fraction of sp³-hybridized carbons (Fsp3) is 0.579. The van der Waals surface area contributed by atoms with Gasteiger partial charge >= 0.3 is 0 Å². The van der Waals surface area contributed by atoms with E-state index in [-0.39, 0.29) is 11.8 Å². The number of amides is 2. The van der Waals surface area contributed by atoms with Gasteiger partial charge in [-0.3, -0.25) is 9.59 Å². The molecule has 2 aliphatic rings. The zero-order chi connectivity index (χ0) is 16.9. The summed E-state index contributed by atoms with van der Waals surface area (Å²) in [5.41, 5.74) is 0.606. The number of carbonyl (C=O) groups is 2. The van der Waals surface area contributed by atoms with Gasteiger partial charge in [-0.05, 0) is 67.7 Å². The maximum absolute atomic E-state index is 11.9. The first-order valence-corrected chi connectivity index (χ1v) is 9.71. The van der Waals surface area contributed by atoms with E-state index in [1.807, 2.05) is 12.1 Å². The number of hydrogen-bond donors (Lipinski definition) is 2. The normalized spacial score (nSPS) is 24.8. The molecule has 2 aliphatic carbocycles. The van der Waals surface area contributed by atoms with Gasteiger partial charge in [-0.1, -0.05) is 22.4 Å². The Balaban J connectivity index is 1.28. The van der Waals surface area contributed by atoms with Gasteiger partial charge in [0.2, 0.25) is 5.91 Å². The SMILES string of the molecule is O=C(CCNC(=O)c1ccc(Br)cc1)NCCC1CC2CCC1C2. The summed E-state index contributed by atoms with van der Waals surface area (Å²) in [7, 11) is 0. The summed E-state index contributed by atoms with van der Waals surface area (Å²) >= 11 is 3.34. The van der Waals surface area contributed by atoms with Crippen LogP contribution in [-0.2, 0) is 4.79 Å². The van der Waals surface area contributed by atoms with E-state index >= 15 is 0 Å². The maximum atomic E-state index is 11.9.